The van der Waals surface area contributed by atoms with Crippen molar-refractivity contribution in [2.45, 2.75) is 24.5 Å². The van der Waals surface area contributed by atoms with Gasteiger partial charge in [0.2, 0.25) is 10.0 Å². The van der Waals surface area contributed by atoms with Gasteiger partial charge in [-0.3, -0.25) is 4.98 Å². The zero-order chi connectivity index (χ0) is 14.6. The molecule has 20 heavy (non-hydrogen) atoms. The maximum absolute atomic E-state index is 12.2. The van der Waals surface area contributed by atoms with Crippen molar-refractivity contribution in [3.63, 3.8) is 0 Å². The molecule has 0 amide bonds. The van der Waals surface area contributed by atoms with Gasteiger partial charge in [0.1, 0.15) is 0 Å². The van der Waals surface area contributed by atoms with Gasteiger partial charge in [0.15, 0.2) is 0 Å². The first-order valence-corrected chi connectivity index (χ1v) is 7.63. The van der Waals surface area contributed by atoms with E-state index in [4.69, 9.17) is 5.11 Å². The van der Waals surface area contributed by atoms with Gasteiger partial charge in [-0.05, 0) is 36.2 Å². The summed E-state index contributed by atoms with van der Waals surface area (Å²) in [6, 6.07) is 9.33. The molecule has 2 N–H and O–H groups in total. The van der Waals surface area contributed by atoms with E-state index in [1.54, 1.807) is 37.5 Å². The number of nitrogens with zero attached hydrogens (tertiary/aromatic N) is 1. The van der Waals surface area contributed by atoms with E-state index < -0.39 is 10.0 Å². The highest BCUT2D eigenvalue weighted by Crippen LogP contribution is 2.16. The highest BCUT2D eigenvalue weighted by atomic mass is 32.2. The van der Waals surface area contributed by atoms with Crippen LogP contribution < -0.4 is 4.72 Å². The molecule has 0 saturated heterocycles. The molecule has 2 aromatic rings. The van der Waals surface area contributed by atoms with Crippen LogP contribution in [0.15, 0.2) is 53.7 Å². The SMILES string of the molecule is CC(NS(=O)(=O)c1ccc(CO)cc1)c1cccnc1. The summed E-state index contributed by atoms with van der Waals surface area (Å²) in [7, 11) is -3.59. The largest absolute Gasteiger partial charge is 0.392 e. The molecule has 0 fully saturated rings. The molecule has 0 aliphatic carbocycles. The number of rotatable bonds is 5. The van der Waals surface area contributed by atoms with Gasteiger partial charge >= 0.3 is 0 Å². The second-order valence-electron chi connectivity index (χ2n) is 4.43. The molecular formula is C14H16N2O3S. The number of aliphatic hydroxyl groups is 1. The summed E-state index contributed by atoms with van der Waals surface area (Å²) in [6.07, 6.45) is 3.26. The summed E-state index contributed by atoms with van der Waals surface area (Å²) in [4.78, 5) is 4.14. The molecule has 2 rings (SSSR count). The van der Waals surface area contributed by atoms with Crippen LogP contribution in [-0.2, 0) is 16.6 Å². The predicted octanol–water partition coefficient (Wildman–Crippen LogP) is 1.61. The number of pyridine rings is 1. The molecule has 1 heterocycles. The molecule has 0 saturated carbocycles. The normalized spacial score (nSPS) is 13.1. The van der Waals surface area contributed by atoms with Gasteiger partial charge in [-0.15, -0.1) is 0 Å². The lowest BCUT2D eigenvalue weighted by molar-refractivity contribution is 0.282. The van der Waals surface area contributed by atoms with Crippen molar-refractivity contribution in [2.24, 2.45) is 0 Å². The number of benzene rings is 1. The molecule has 0 aliphatic heterocycles. The fourth-order valence-electron chi connectivity index (χ4n) is 1.77. The number of hydrogen-bond donors (Lipinski definition) is 2. The van der Waals surface area contributed by atoms with Crippen LogP contribution >= 0.6 is 0 Å². The minimum absolute atomic E-state index is 0.111. The van der Waals surface area contributed by atoms with Crippen LogP contribution in [0.2, 0.25) is 0 Å². The zero-order valence-corrected chi connectivity index (χ0v) is 11.8. The predicted molar refractivity (Wildman–Crippen MR) is 75.3 cm³/mol. The van der Waals surface area contributed by atoms with Crippen LogP contribution in [0.5, 0.6) is 0 Å². The first-order chi connectivity index (χ1) is 9.53. The third-order valence-corrected chi connectivity index (χ3v) is 4.49. The van der Waals surface area contributed by atoms with Crippen LogP contribution in [0.3, 0.4) is 0 Å². The molecule has 1 aromatic carbocycles. The summed E-state index contributed by atoms with van der Waals surface area (Å²) in [5, 5.41) is 8.95. The van der Waals surface area contributed by atoms with Crippen LogP contribution in [0.1, 0.15) is 24.1 Å². The third-order valence-electron chi connectivity index (χ3n) is 2.93. The third kappa shape index (κ3) is 3.41. The molecule has 0 aliphatic rings. The molecule has 106 valence electrons. The van der Waals surface area contributed by atoms with Crippen molar-refractivity contribution in [2.75, 3.05) is 0 Å². The van der Waals surface area contributed by atoms with Gasteiger partial charge in [-0.1, -0.05) is 18.2 Å². The van der Waals surface area contributed by atoms with Gasteiger partial charge in [0.05, 0.1) is 11.5 Å². The Kier molecular flexibility index (Phi) is 4.49. The van der Waals surface area contributed by atoms with Gasteiger partial charge in [0.25, 0.3) is 0 Å². The van der Waals surface area contributed by atoms with Gasteiger partial charge in [-0.2, -0.15) is 0 Å². The van der Waals surface area contributed by atoms with Crippen molar-refractivity contribution >= 4 is 10.0 Å². The maximum atomic E-state index is 12.2. The Hall–Kier alpha value is -1.76. The van der Waals surface area contributed by atoms with E-state index >= 15 is 0 Å². The Balaban J connectivity index is 2.18. The fourth-order valence-corrected chi connectivity index (χ4v) is 3.01. The summed E-state index contributed by atoms with van der Waals surface area (Å²) in [6.45, 7) is 1.65. The van der Waals surface area contributed by atoms with E-state index in [1.165, 1.54) is 12.1 Å². The molecule has 0 bridgehead atoms. The Bertz CT molecular complexity index is 655. The van der Waals surface area contributed by atoms with Crippen LogP contribution in [0.4, 0.5) is 0 Å². The molecule has 5 nitrogen and oxygen atoms in total. The maximum Gasteiger partial charge on any atom is 0.241 e. The van der Waals surface area contributed by atoms with Crippen LogP contribution in [-0.4, -0.2) is 18.5 Å². The second-order valence-corrected chi connectivity index (χ2v) is 6.15. The van der Waals surface area contributed by atoms with E-state index in [2.05, 4.69) is 9.71 Å². The number of sulfonamides is 1. The molecule has 0 spiro atoms. The quantitative estimate of drug-likeness (QED) is 0.877. The van der Waals surface area contributed by atoms with E-state index in [9.17, 15) is 8.42 Å². The summed E-state index contributed by atoms with van der Waals surface area (Å²) < 4.78 is 27.0. The molecule has 1 atom stereocenters. The standard InChI is InChI=1S/C14H16N2O3S/c1-11(13-3-2-8-15-9-13)16-20(18,19)14-6-4-12(10-17)5-7-14/h2-9,11,16-17H,10H2,1H3. The Morgan fingerprint density at radius 1 is 1.25 bits per heavy atom. The lowest BCUT2D eigenvalue weighted by atomic mass is 10.2. The molecule has 1 aromatic heterocycles. The monoisotopic (exact) mass is 292 g/mol. The lowest BCUT2D eigenvalue weighted by Gasteiger charge is -2.14. The number of hydrogen-bond acceptors (Lipinski definition) is 4. The smallest absolute Gasteiger partial charge is 0.241 e. The Labute approximate surface area is 118 Å². The molecule has 6 heteroatoms. The minimum atomic E-state index is -3.59. The fraction of sp³-hybridized carbons (Fsp3) is 0.214. The highest BCUT2D eigenvalue weighted by Gasteiger charge is 2.18. The van der Waals surface area contributed by atoms with Crippen molar-refractivity contribution < 1.29 is 13.5 Å². The number of aromatic nitrogens is 1. The molecule has 1 unspecified atom stereocenters. The van der Waals surface area contributed by atoms with E-state index in [1.807, 2.05) is 6.07 Å². The second kappa shape index (κ2) is 6.13. The first-order valence-electron chi connectivity index (χ1n) is 6.15. The van der Waals surface area contributed by atoms with Crippen molar-refractivity contribution in [1.29, 1.82) is 0 Å². The first kappa shape index (κ1) is 14.6. The Morgan fingerprint density at radius 3 is 2.50 bits per heavy atom. The summed E-state index contributed by atoms with van der Waals surface area (Å²) in [5.74, 6) is 0. The highest BCUT2D eigenvalue weighted by molar-refractivity contribution is 7.89. The van der Waals surface area contributed by atoms with Crippen LogP contribution in [0, 0.1) is 0 Å². The zero-order valence-electron chi connectivity index (χ0n) is 11.0. The summed E-state index contributed by atoms with van der Waals surface area (Å²) in [5.41, 5.74) is 1.47. The number of nitrogens with one attached hydrogen (secondary N) is 1. The van der Waals surface area contributed by atoms with Crippen molar-refractivity contribution in [3.8, 4) is 0 Å². The van der Waals surface area contributed by atoms with E-state index in [0.29, 0.717) is 5.56 Å². The van der Waals surface area contributed by atoms with Crippen molar-refractivity contribution in [1.82, 2.24) is 9.71 Å². The van der Waals surface area contributed by atoms with Crippen molar-refractivity contribution in [3.05, 3.63) is 59.9 Å². The van der Waals surface area contributed by atoms with Crippen LogP contribution in [0.25, 0.3) is 0 Å². The topological polar surface area (TPSA) is 79.3 Å². The molecule has 0 radical (unpaired) electrons. The average molecular weight is 292 g/mol. The number of aliphatic hydroxyl groups excluding tert-OH is 1. The minimum Gasteiger partial charge on any atom is -0.392 e. The molecular weight excluding hydrogens is 276 g/mol. The summed E-state index contributed by atoms with van der Waals surface area (Å²) >= 11 is 0. The van der Waals surface area contributed by atoms with E-state index in [0.717, 1.165) is 5.56 Å². The average Bonchev–Trinajstić information content (AvgIpc) is 2.48. The van der Waals surface area contributed by atoms with Gasteiger partial charge < -0.3 is 5.11 Å². The van der Waals surface area contributed by atoms with Gasteiger partial charge in [0, 0.05) is 18.4 Å². The lowest BCUT2D eigenvalue weighted by Crippen LogP contribution is -2.26. The Morgan fingerprint density at radius 2 is 1.95 bits per heavy atom. The van der Waals surface area contributed by atoms with Gasteiger partial charge in [-0.25, -0.2) is 13.1 Å². The van der Waals surface area contributed by atoms with E-state index in [-0.39, 0.29) is 17.5 Å².